The highest BCUT2D eigenvalue weighted by Gasteiger charge is 2.51. The maximum Gasteiger partial charge on any atom is 0.264 e. The molecule has 2 aromatic rings. The van der Waals surface area contributed by atoms with Crippen LogP contribution in [0.25, 0.3) is 0 Å². The second-order valence-electron chi connectivity index (χ2n) is 6.52. The highest BCUT2D eigenvalue weighted by molar-refractivity contribution is 8.01. The Morgan fingerprint density at radius 2 is 2.25 bits per heavy atom. The van der Waals surface area contributed by atoms with Crippen LogP contribution in [0.2, 0.25) is 0 Å². The van der Waals surface area contributed by atoms with Gasteiger partial charge in [0, 0.05) is 29.9 Å². The minimum atomic E-state index is 0.178. The summed E-state index contributed by atoms with van der Waals surface area (Å²) in [5.41, 5.74) is 0.974. The number of hydrogen-bond donors (Lipinski definition) is 0. The summed E-state index contributed by atoms with van der Waals surface area (Å²) in [6, 6.07) is 9.84. The van der Waals surface area contributed by atoms with Crippen molar-refractivity contribution in [3.63, 3.8) is 0 Å². The summed E-state index contributed by atoms with van der Waals surface area (Å²) in [6.45, 7) is 4.29. The van der Waals surface area contributed by atoms with Crippen LogP contribution in [0.3, 0.4) is 0 Å². The van der Waals surface area contributed by atoms with Gasteiger partial charge >= 0.3 is 0 Å². The quantitative estimate of drug-likeness (QED) is 0.838. The number of carbonyl (C=O) groups is 1. The lowest BCUT2D eigenvalue weighted by Gasteiger charge is -2.47. The molecule has 0 bridgehead atoms. The van der Waals surface area contributed by atoms with Crippen LogP contribution in [0.15, 0.2) is 36.5 Å². The van der Waals surface area contributed by atoms with E-state index in [2.05, 4.69) is 4.98 Å². The largest absolute Gasteiger partial charge is 0.371 e. The SMILES string of the molecule is Cc1ccc(C(=O)N2CC3(C[C@H](OCc4ccccn4)CS3)C2)s1. The van der Waals surface area contributed by atoms with Crippen molar-refractivity contribution >= 4 is 29.0 Å². The molecule has 2 fully saturated rings. The van der Waals surface area contributed by atoms with Gasteiger partial charge < -0.3 is 9.64 Å². The van der Waals surface area contributed by atoms with Gasteiger partial charge in [0.25, 0.3) is 5.91 Å². The fraction of sp³-hybridized carbons (Fsp3) is 0.444. The molecule has 1 spiro atoms. The monoisotopic (exact) mass is 360 g/mol. The van der Waals surface area contributed by atoms with Gasteiger partial charge in [0.2, 0.25) is 0 Å². The van der Waals surface area contributed by atoms with Gasteiger partial charge in [-0.05, 0) is 37.6 Å². The van der Waals surface area contributed by atoms with Crippen molar-refractivity contribution < 1.29 is 9.53 Å². The van der Waals surface area contributed by atoms with Gasteiger partial charge in [-0.25, -0.2) is 0 Å². The van der Waals surface area contributed by atoms with Crippen LogP contribution in [-0.2, 0) is 11.3 Å². The third-order valence-corrected chi connectivity index (χ3v) is 7.13. The maximum atomic E-state index is 12.5. The van der Waals surface area contributed by atoms with E-state index >= 15 is 0 Å². The van der Waals surface area contributed by atoms with Gasteiger partial charge in [0.15, 0.2) is 0 Å². The lowest BCUT2D eigenvalue weighted by molar-refractivity contribution is 0.0247. The molecule has 2 saturated heterocycles. The fourth-order valence-electron chi connectivity index (χ4n) is 3.31. The van der Waals surface area contributed by atoms with Gasteiger partial charge in [-0.15, -0.1) is 23.1 Å². The molecule has 2 aromatic heterocycles. The van der Waals surface area contributed by atoms with E-state index in [0.717, 1.165) is 35.8 Å². The molecule has 24 heavy (non-hydrogen) atoms. The first-order chi connectivity index (χ1) is 11.6. The van der Waals surface area contributed by atoms with Crippen LogP contribution >= 0.6 is 23.1 Å². The number of likely N-dealkylation sites (tertiary alicyclic amines) is 1. The van der Waals surface area contributed by atoms with E-state index in [1.165, 1.54) is 4.88 Å². The van der Waals surface area contributed by atoms with E-state index in [9.17, 15) is 4.79 Å². The Kier molecular flexibility index (Phi) is 4.37. The Labute approximate surface area is 150 Å². The molecule has 4 rings (SSSR count). The first kappa shape index (κ1) is 16.1. The molecule has 2 aliphatic rings. The number of hydrogen-bond acceptors (Lipinski definition) is 5. The maximum absolute atomic E-state index is 12.5. The van der Waals surface area contributed by atoms with Crippen LogP contribution in [0, 0.1) is 6.92 Å². The van der Waals surface area contributed by atoms with Gasteiger partial charge in [0.1, 0.15) is 0 Å². The van der Waals surface area contributed by atoms with Crippen LogP contribution in [0.4, 0.5) is 0 Å². The molecule has 4 heterocycles. The smallest absolute Gasteiger partial charge is 0.264 e. The van der Waals surface area contributed by atoms with E-state index in [4.69, 9.17) is 4.74 Å². The molecule has 0 aromatic carbocycles. The molecular weight excluding hydrogens is 340 g/mol. The molecule has 126 valence electrons. The average molecular weight is 361 g/mol. The standard InChI is InChI=1S/C18H20N2O2S2/c1-13-5-6-16(24-13)17(21)20-11-18(12-20)8-15(10-23-18)22-9-14-4-2-3-7-19-14/h2-7,15H,8-12H2,1H3/t15-/m0/s1. The minimum Gasteiger partial charge on any atom is -0.371 e. The zero-order chi connectivity index (χ0) is 16.6. The van der Waals surface area contributed by atoms with Crippen molar-refractivity contribution in [3.8, 4) is 0 Å². The number of nitrogens with zero attached hydrogens (tertiary/aromatic N) is 2. The van der Waals surface area contributed by atoms with Crippen molar-refractivity contribution in [3.05, 3.63) is 52.0 Å². The highest BCUT2D eigenvalue weighted by Crippen LogP contribution is 2.46. The Hall–Kier alpha value is -1.37. The van der Waals surface area contributed by atoms with E-state index < -0.39 is 0 Å². The molecular formula is C18H20N2O2S2. The Morgan fingerprint density at radius 1 is 1.38 bits per heavy atom. The zero-order valence-corrected chi connectivity index (χ0v) is 15.2. The van der Waals surface area contributed by atoms with Gasteiger partial charge in [-0.3, -0.25) is 9.78 Å². The predicted molar refractivity (Wildman–Crippen MR) is 97.6 cm³/mol. The number of carbonyl (C=O) groups excluding carboxylic acids is 1. The molecule has 6 heteroatoms. The van der Waals surface area contributed by atoms with Gasteiger partial charge in [-0.1, -0.05) is 6.07 Å². The van der Waals surface area contributed by atoms with Crippen molar-refractivity contribution in [2.24, 2.45) is 0 Å². The van der Waals surface area contributed by atoms with Crippen LogP contribution < -0.4 is 0 Å². The second kappa shape index (κ2) is 6.50. The lowest BCUT2D eigenvalue weighted by Crippen LogP contribution is -2.60. The number of amides is 1. The molecule has 4 nitrogen and oxygen atoms in total. The van der Waals surface area contributed by atoms with Crippen molar-refractivity contribution in [1.82, 2.24) is 9.88 Å². The van der Waals surface area contributed by atoms with E-state index in [1.807, 2.05) is 53.9 Å². The highest BCUT2D eigenvalue weighted by atomic mass is 32.2. The third kappa shape index (κ3) is 3.23. The Balaban J connectivity index is 1.28. The summed E-state index contributed by atoms with van der Waals surface area (Å²) in [6.07, 6.45) is 3.08. The summed E-state index contributed by atoms with van der Waals surface area (Å²) in [7, 11) is 0. The summed E-state index contributed by atoms with van der Waals surface area (Å²) in [5.74, 6) is 1.18. The first-order valence-electron chi connectivity index (χ1n) is 8.15. The molecule has 1 amide bonds. The second-order valence-corrected chi connectivity index (χ2v) is 9.30. The third-order valence-electron chi connectivity index (χ3n) is 4.56. The molecule has 1 atom stereocenters. The summed E-state index contributed by atoms with van der Waals surface area (Å²) in [4.78, 5) is 20.8. The fourth-order valence-corrected chi connectivity index (χ4v) is 5.70. The zero-order valence-electron chi connectivity index (χ0n) is 13.6. The topological polar surface area (TPSA) is 42.4 Å². The van der Waals surface area contributed by atoms with Gasteiger partial charge in [-0.2, -0.15) is 0 Å². The van der Waals surface area contributed by atoms with Crippen molar-refractivity contribution in [2.75, 3.05) is 18.8 Å². The molecule has 0 radical (unpaired) electrons. The Morgan fingerprint density at radius 3 is 2.96 bits per heavy atom. The molecule has 0 N–H and O–H groups in total. The number of thiophene rings is 1. The van der Waals surface area contributed by atoms with Gasteiger partial charge in [0.05, 0.1) is 28.0 Å². The van der Waals surface area contributed by atoms with E-state index in [1.54, 1.807) is 17.5 Å². The molecule has 0 unspecified atom stereocenters. The molecule has 0 aliphatic carbocycles. The lowest BCUT2D eigenvalue weighted by atomic mass is 9.92. The molecule has 0 saturated carbocycles. The number of ether oxygens (including phenoxy) is 1. The average Bonchev–Trinajstić information content (AvgIpc) is 3.18. The number of rotatable bonds is 4. The summed E-state index contributed by atoms with van der Waals surface area (Å²) >= 11 is 3.54. The van der Waals surface area contributed by atoms with Crippen LogP contribution in [-0.4, -0.2) is 45.5 Å². The number of thioether (sulfide) groups is 1. The van der Waals surface area contributed by atoms with Crippen molar-refractivity contribution in [1.29, 1.82) is 0 Å². The molecule has 2 aliphatic heterocycles. The predicted octanol–water partition coefficient (Wildman–Crippen LogP) is 3.37. The minimum absolute atomic E-state index is 0.178. The first-order valence-corrected chi connectivity index (χ1v) is 9.95. The van der Waals surface area contributed by atoms with E-state index in [0.29, 0.717) is 6.61 Å². The van der Waals surface area contributed by atoms with Crippen LogP contribution in [0.1, 0.15) is 26.7 Å². The van der Waals surface area contributed by atoms with E-state index in [-0.39, 0.29) is 16.8 Å². The van der Waals surface area contributed by atoms with Crippen molar-refractivity contribution in [2.45, 2.75) is 30.8 Å². The number of aryl methyl sites for hydroxylation is 1. The normalized spacial score (nSPS) is 21.9. The summed E-state index contributed by atoms with van der Waals surface area (Å²) < 4.78 is 6.22. The number of aromatic nitrogens is 1. The number of pyridine rings is 1. The van der Waals surface area contributed by atoms with Crippen LogP contribution in [0.5, 0.6) is 0 Å². The Bertz CT molecular complexity index is 726. The summed E-state index contributed by atoms with van der Waals surface area (Å²) in [5, 5.41) is 0.